The van der Waals surface area contributed by atoms with Gasteiger partial charge in [-0.15, -0.1) is 0 Å². The van der Waals surface area contributed by atoms with Crippen molar-refractivity contribution in [3.63, 3.8) is 0 Å². The monoisotopic (exact) mass is 1220 g/mol. The molecule has 14 nitrogen and oxygen atoms in total. The number of H-pyrrole nitrogens is 2. The molecule has 96 heavy (non-hydrogen) atoms. The summed E-state index contributed by atoms with van der Waals surface area (Å²) in [6, 6.07) is 60.4. The molecule has 0 aliphatic carbocycles. The van der Waals surface area contributed by atoms with Gasteiger partial charge >= 0.3 is 50.8 Å². The molecule has 0 radical (unpaired) electrons. The zero-order valence-electron chi connectivity index (χ0n) is 49.9. The van der Waals surface area contributed by atoms with E-state index in [1.165, 1.54) is 242 Å². The second kappa shape index (κ2) is 11.7. The molecule has 3 unspecified atom stereocenters. The molecular weight excluding hydrogens is 1180 g/mol. The van der Waals surface area contributed by atoms with Crippen molar-refractivity contribution in [2.45, 2.75) is 17.7 Å². The number of aromatic nitrogens is 11. The Hall–Kier alpha value is -13.1. The van der Waals surface area contributed by atoms with E-state index in [-0.39, 0.29) is 0 Å². The number of hydrogen-bond acceptors (Lipinski definition) is 0. The van der Waals surface area contributed by atoms with Gasteiger partial charge in [-0.2, -0.15) is 13.7 Å². The van der Waals surface area contributed by atoms with Gasteiger partial charge in [-0.1, -0.05) is 0 Å². The average Bonchev–Trinajstić information content (AvgIpc) is 1.44. The van der Waals surface area contributed by atoms with Crippen LogP contribution in [0.5, 0.6) is 0 Å². The van der Waals surface area contributed by atoms with Crippen molar-refractivity contribution in [1.29, 1.82) is 0 Å². The maximum absolute atomic E-state index is 3.63. The molecule has 3 spiro atoms. The Morgan fingerprint density at radius 3 is 1.09 bits per heavy atom. The molecule has 33 rings (SSSR count). The summed E-state index contributed by atoms with van der Waals surface area (Å²) < 4.78 is 33.3. The standard InChI is InChI=1S/C82H33N14/c1-3-36-9-15-58-64-52-32-46-29-47-33-53-65-59-16-10-37-4-2-35-8-14-57-63-49-20-22-84-55(49)26-41-24-43-28-45-31-51(77(65)88(45)81(86(43)69(41)63)92(57)71(35)73(37)94(59)81)67-61-18-12-39-6-5-38-11-17-60-66(78(52)89(46)82(90(47)79(53)67)95(60)74(38)75(39)96(61)82)50-30-44-27-42-23-40-25-54-48(19-21-83-54)62-56-13-7-34(1)70-72(36)93(58)80(91(56)70,85(42)68(40)62)87(44)76(50)64/h1-33H/q+7/p+2. The topological polar surface area (TPSA) is 78.7 Å². The summed E-state index contributed by atoms with van der Waals surface area (Å²) in [5.41, 5.74) is 36.2. The van der Waals surface area contributed by atoms with Crippen LogP contribution in [0.2, 0.25) is 0 Å². The van der Waals surface area contributed by atoms with E-state index in [2.05, 4.69) is 265 Å². The van der Waals surface area contributed by atoms with E-state index >= 15 is 0 Å². The first-order chi connectivity index (χ1) is 47.6. The molecule has 15 aliphatic rings. The number of pyridine rings is 6. The van der Waals surface area contributed by atoms with Gasteiger partial charge < -0.3 is 9.97 Å². The summed E-state index contributed by atoms with van der Waals surface area (Å²) >= 11 is 0. The van der Waals surface area contributed by atoms with Crippen LogP contribution in [0.4, 0.5) is 0 Å². The molecule has 2 N–H and O–H groups in total. The lowest BCUT2D eigenvalue weighted by molar-refractivity contribution is -0.969. The minimum absolute atomic E-state index is 0.827. The van der Waals surface area contributed by atoms with Crippen LogP contribution < -0.4 is 72.9 Å². The summed E-state index contributed by atoms with van der Waals surface area (Å²) in [7, 11) is 0. The summed E-state index contributed by atoms with van der Waals surface area (Å²) in [6.07, 6.45) is 19.4. The van der Waals surface area contributed by atoms with Crippen molar-refractivity contribution >= 4 is 156 Å². The third-order valence-electron chi connectivity index (χ3n) is 26.4. The summed E-state index contributed by atoms with van der Waals surface area (Å²) in [4.78, 5) is 7.26. The number of aromatic amines is 2. The minimum atomic E-state index is -0.929. The van der Waals surface area contributed by atoms with Gasteiger partial charge in [0, 0.05) is 123 Å². The van der Waals surface area contributed by atoms with Crippen LogP contribution in [0.1, 0.15) is 17.1 Å². The molecule has 0 amide bonds. The van der Waals surface area contributed by atoms with Gasteiger partial charge in [0.05, 0.1) is 98.3 Å². The number of benzene rings is 7. The number of allylic oxidation sites excluding steroid dienone is 3. The average molecular weight is 1220 g/mol. The van der Waals surface area contributed by atoms with Gasteiger partial charge in [-0.25, -0.2) is 0 Å². The van der Waals surface area contributed by atoms with E-state index in [0.29, 0.717) is 0 Å². The molecule has 0 bridgehead atoms. The van der Waals surface area contributed by atoms with Gasteiger partial charge in [0.1, 0.15) is 16.7 Å². The van der Waals surface area contributed by atoms with Crippen molar-refractivity contribution in [2.24, 2.45) is 0 Å². The molecule has 424 valence electrons. The lowest BCUT2D eigenvalue weighted by Gasteiger charge is -2.30. The number of fused-ring (bicyclic) bond motifs is 14. The second-order valence-electron chi connectivity index (χ2n) is 29.6. The third kappa shape index (κ3) is 3.30. The second-order valence-corrected chi connectivity index (χ2v) is 29.6. The highest BCUT2D eigenvalue weighted by Gasteiger charge is 2.84. The summed E-state index contributed by atoms with van der Waals surface area (Å²) in [5, 5.41) is 21.4. The molecule has 11 aromatic heterocycles. The van der Waals surface area contributed by atoms with Crippen LogP contribution in [-0.4, -0.2) is 23.7 Å². The predicted octanol–water partition coefficient (Wildman–Crippen LogP) is 5.99. The Morgan fingerprint density at radius 2 is 0.635 bits per heavy atom. The van der Waals surface area contributed by atoms with Crippen molar-refractivity contribution in [2.75, 3.05) is 0 Å². The Balaban J connectivity index is 0.773. The van der Waals surface area contributed by atoms with Gasteiger partial charge in [-0.05, 0) is 156 Å². The first-order valence-electron chi connectivity index (χ1n) is 33.7. The fourth-order valence-electron chi connectivity index (χ4n) is 23.9. The molecule has 0 fully saturated rings. The zero-order valence-corrected chi connectivity index (χ0v) is 49.9. The lowest BCUT2D eigenvalue weighted by Crippen LogP contribution is -2.86. The first-order valence-corrected chi connectivity index (χ1v) is 33.7. The molecule has 26 heterocycles. The Bertz CT molecular complexity index is 8460. The van der Waals surface area contributed by atoms with E-state index in [0.717, 1.165) is 11.0 Å². The number of hydrogen-bond donors (Lipinski definition) is 2. The van der Waals surface area contributed by atoms with E-state index < -0.39 is 17.7 Å². The van der Waals surface area contributed by atoms with Crippen molar-refractivity contribution in [3.8, 4) is 67.5 Å². The third-order valence-corrected chi connectivity index (χ3v) is 26.4. The lowest BCUT2D eigenvalue weighted by atomic mass is 9.93. The van der Waals surface area contributed by atoms with E-state index in [9.17, 15) is 0 Å². The quantitative estimate of drug-likeness (QED) is 0.138. The van der Waals surface area contributed by atoms with Crippen molar-refractivity contribution in [3.05, 3.63) is 230 Å². The first kappa shape index (κ1) is 42.1. The van der Waals surface area contributed by atoms with Crippen molar-refractivity contribution in [1.82, 2.24) is 37.4 Å². The molecule has 3 atom stereocenters. The van der Waals surface area contributed by atoms with Gasteiger partial charge in [-0.3, -0.25) is 0 Å². The van der Waals surface area contributed by atoms with Gasteiger partial charge in [0.25, 0.3) is 0 Å². The van der Waals surface area contributed by atoms with Gasteiger partial charge in [0.2, 0.25) is 67.3 Å². The Kier molecular flexibility index (Phi) is 5.15. The molecule has 7 aromatic carbocycles. The van der Waals surface area contributed by atoms with Crippen molar-refractivity contribution < 1.29 is 27.4 Å². The van der Waals surface area contributed by atoms with Crippen LogP contribution >= 0.6 is 0 Å². The van der Waals surface area contributed by atoms with E-state index in [1.807, 2.05) is 0 Å². The van der Waals surface area contributed by atoms with E-state index in [1.54, 1.807) is 0 Å². The molecular formula is C82H35N14+9. The van der Waals surface area contributed by atoms with Gasteiger partial charge in [0.15, 0.2) is 0 Å². The Morgan fingerprint density at radius 1 is 0.281 bits per heavy atom. The maximum Gasteiger partial charge on any atom is 0.667 e. The highest BCUT2D eigenvalue weighted by molar-refractivity contribution is 6.15. The van der Waals surface area contributed by atoms with E-state index in [4.69, 9.17) is 0 Å². The smallest absolute Gasteiger partial charge is 0.361 e. The SMILES string of the molecule is C1=C2C=c3c4c5c(cc6n5C57[N+]8=c9c(c%10cc%11n%12c%10c(c9=CC8=C6)-c6ccc8ccc9ccc%10[n+]%13c9c8[n+]6C%12%13[N+]6=c8c-%10c9cc[nH]c9cc8=CC6=C%11)-c6ccc8ccc9ccc-4[n+]5c9c8[n+]67)c4c3=[N+]2C23n5c1cc1cc6[nH]ccc6c(c15)-c1ccc5ccc6ccc-4[n+]2c6c5[n+]13. The zero-order chi connectivity index (χ0) is 59.7. The maximum atomic E-state index is 3.63. The highest BCUT2D eigenvalue weighted by Crippen LogP contribution is 2.55. The minimum Gasteiger partial charge on any atom is -0.361 e. The number of nitrogens with one attached hydrogen (secondary N) is 2. The number of rotatable bonds is 0. The fraction of sp³-hybridized carbons (Fsp3) is 0.0366. The van der Waals surface area contributed by atoms with Crippen LogP contribution in [0, 0.1) is 0 Å². The molecule has 15 aliphatic heterocycles. The molecule has 14 heteroatoms. The highest BCUT2D eigenvalue weighted by atomic mass is 15.7. The summed E-state index contributed by atoms with van der Waals surface area (Å²) in [6.45, 7) is 0. The Labute approximate surface area is 533 Å². The van der Waals surface area contributed by atoms with Crippen LogP contribution in [0.3, 0.4) is 0 Å². The molecule has 0 saturated carbocycles. The fourth-order valence-corrected chi connectivity index (χ4v) is 23.9. The predicted molar refractivity (Wildman–Crippen MR) is 361 cm³/mol. The summed E-state index contributed by atoms with van der Waals surface area (Å²) in [5.74, 6) is -2.58. The number of nitrogens with zero attached hydrogens (tertiary/aromatic N) is 12. The van der Waals surface area contributed by atoms with Crippen LogP contribution in [-0.2, 0) is 17.7 Å². The largest absolute Gasteiger partial charge is 0.667 e. The molecule has 18 aromatic rings. The molecule has 0 saturated heterocycles. The van der Waals surface area contributed by atoms with Crippen LogP contribution in [0.25, 0.3) is 224 Å². The van der Waals surface area contributed by atoms with Crippen LogP contribution in [0.15, 0.2) is 181 Å². The normalized spacial score (nSPS) is 21.4.